The van der Waals surface area contributed by atoms with Gasteiger partial charge in [0.1, 0.15) is 0 Å². The van der Waals surface area contributed by atoms with Gasteiger partial charge >= 0.3 is 5.97 Å². The minimum atomic E-state index is -0.304. The minimum absolute atomic E-state index is 0.125. The van der Waals surface area contributed by atoms with Crippen LogP contribution in [-0.2, 0) is 4.74 Å². The van der Waals surface area contributed by atoms with Crippen LogP contribution in [0.5, 0.6) is 0 Å². The van der Waals surface area contributed by atoms with E-state index >= 15 is 0 Å². The molecule has 0 radical (unpaired) electrons. The van der Waals surface area contributed by atoms with E-state index in [2.05, 4.69) is 36.3 Å². The first-order valence-corrected chi connectivity index (χ1v) is 8.38. The molecule has 1 N–H and O–H groups in total. The lowest BCUT2D eigenvalue weighted by molar-refractivity contribution is 0.0378. The molecule has 1 heterocycles. The Kier molecular flexibility index (Phi) is 4.70. The van der Waals surface area contributed by atoms with Crippen LogP contribution < -0.4 is 5.32 Å². The Balaban J connectivity index is 1.88. The Morgan fingerprint density at radius 2 is 1.80 bits per heavy atom. The number of anilines is 2. The molecule has 25 heavy (non-hydrogen) atoms. The van der Waals surface area contributed by atoms with E-state index in [1.54, 1.807) is 18.3 Å². The van der Waals surface area contributed by atoms with Crippen molar-refractivity contribution in [2.24, 2.45) is 0 Å². The number of aryl methyl sites for hydroxylation is 2. The number of nitrogens with one attached hydrogen (secondary N) is 1. The highest BCUT2D eigenvalue weighted by molar-refractivity contribution is 5.95. The second-order valence-electron chi connectivity index (χ2n) is 6.49. The lowest BCUT2D eigenvalue weighted by Gasteiger charge is -2.12. The normalized spacial score (nSPS) is 10.9. The lowest BCUT2D eigenvalue weighted by Crippen LogP contribution is -2.11. The third-order valence-corrected chi connectivity index (χ3v) is 3.92. The Morgan fingerprint density at radius 1 is 1.08 bits per heavy atom. The smallest absolute Gasteiger partial charge is 0.338 e. The maximum absolute atomic E-state index is 11.9. The number of aromatic nitrogens is 1. The average Bonchev–Trinajstić information content (AvgIpc) is 2.55. The number of rotatable bonds is 4. The lowest BCUT2D eigenvalue weighted by atomic mass is 10.1. The molecule has 0 spiro atoms. The molecule has 0 bridgehead atoms. The largest absolute Gasteiger partial charge is 0.459 e. The molecule has 0 saturated heterocycles. The molecular formula is C21H22N2O2. The predicted octanol–water partition coefficient (Wildman–Crippen LogP) is 5.16. The van der Waals surface area contributed by atoms with Crippen LogP contribution in [0.25, 0.3) is 10.9 Å². The fourth-order valence-electron chi connectivity index (χ4n) is 2.85. The topological polar surface area (TPSA) is 51.2 Å². The van der Waals surface area contributed by atoms with Gasteiger partial charge in [0.05, 0.1) is 17.2 Å². The summed E-state index contributed by atoms with van der Waals surface area (Å²) in [6.07, 6.45) is 1.68. The second-order valence-corrected chi connectivity index (χ2v) is 6.49. The van der Waals surface area contributed by atoms with Crippen LogP contribution in [0.15, 0.2) is 48.7 Å². The molecule has 0 fully saturated rings. The molecule has 4 nitrogen and oxygen atoms in total. The summed E-state index contributed by atoms with van der Waals surface area (Å²) in [5.41, 5.74) is 5.80. The van der Waals surface area contributed by atoms with Crippen molar-refractivity contribution in [3.8, 4) is 0 Å². The van der Waals surface area contributed by atoms with E-state index < -0.39 is 0 Å². The van der Waals surface area contributed by atoms with Gasteiger partial charge in [-0.3, -0.25) is 4.98 Å². The highest BCUT2D eigenvalue weighted by atomic mass is 16.5. The summed E-state index contributed by atoms with van der Waals surface area (Å²) in [6, 6.07) is 13.5. The molecule has 1 aromatic heterocycles. The molecular weight excluding hydrogens is 312 g/mol. The summed E-state index contributed by atoms with van der Waals surface area (Å²) in [4.78, 5) is 16.4. The van der Waals surface area contributed by atoms with Crippen LogP contribution in [0.2, 0.25) is 0 Å². The van der Waals surface area contributed by atoms with Crippen molar-refractivity contribution >= 4 is 28.2 Å². The van der Waals surface area contributed by atoms with E-state index in [0.29, 0.717) is 5.56 Å². The zero-order valence-corrected chi connectivity index (χ0v) is 15.0. The quantitative estimate of drug-likeness (QED) is 0.670. The van der Waals surface area contributed by atoms with Crippen molar-refractivity contribution in [1.82, 2.24) is 4.98 Å². The summed E-state index contributed by atoms with van der Waals surface area (Å²) in [5.74, 6) is -0.304. The number of esters is 1. The number of hydrogen-bond donors (Lipinski definition) is 1. The van der Waals surface area contributed by atoms with Gasteiger partial charge in [0.25, 0.3) is 0 Å². The van der Waals surface area contributed by atoms with Crippen LogP contribution >= 0.6 is 0 Å². The number of pyridine rings is 1. The monoisotopic (exact) mass is 334 g/mol. The van der Waals surface area contributed by atoms with Gasteiger partial charge in [-0.2, -0.15) is 0 Å². The molecule has 3 aromatic rings. The summed E-state index contributed by atoms with van der Waals surface area (Å²) >= 11 is 0. The Bertz CT molecular complexity index is 915. The maximum atomic E-state index is 11.9. The standard InChI is InChI=1S/C21H22N2O2/c1-13(2)25-21(24)16-5-7-17(8-6-16)23-19-9-10-22-20-15(4)11-14(3)12-18(19)20/h5-13H,1-4H3,(H,22,23). The Hall–Kier alpha value is -2.88. The number of carbonyl (C=O) groups is 1. The third kappa shape index (κ3) is 3.79. The number of benzene rings is 2. The molecule has 0 aliphatic heterocycles. The molecule has 0 aliphatic rings. The van der Waals surface area contributed by atoms with Gasteiger partial charge in [-0.05, 0) is 69.7 Å². The highest BCUT2D eigenvalue weighted by Gasteiger charge is 2.10. The van der Waals surface area contributed by atoms with Crippen LogP contribution in [0.1, 0.15) is 35.3 Å². The van der Waals surface area contributed by atoms with E-state index in [9.17, 15) is 4.79 Å². The fraction of sp³-hybridized carbons (Fsp3) is 0.238. The van der Waals surface area contributed by atoms with Gasteiger partial charge in [0.15, 0.2) is 0 Å². The molecule has 0 aliphatic carbocycles. The number of carbonyl (C=O) groups excluding carboxylic acids is 1. The van der Waals surface area contributed by atoms with Crippen LogP contribution in [0.4, 0.5) is 11.4 Å². The van der Waals surface area contributed by atoms with Gasteiger partial charge in [0.2, 0.25) is 0 Å². The highest BCUT2D eigenvalue weighted by Crippen LogP contribution is 2.28. The summed E-state index contributed by atoms with van der Waals surface area (Å²) < 4.78 is 5.21. The molecule has 2 aromatic carbocycles. The molecule has 0 amide bonds. The first kappa shape index (κ1) is 17.0. The minimum Gasteiger partial charge on any atom is -0.459 e. The summed E-state index contributed by atoms with van der Waals surface area (Å²) in [5, 5.41) is 4.50. The first-order valence-electron chi connectivity index (χ1n) is 8.38. The number of nitrogens with zero attached hydrogens (tertiary/aromatic N) is 1. The summed E-state index contributed by atoms with van der Waals surface area (Å²) in [7, 11) is 0. The Morgan fingerprint density at radius 3 is 2.48 bits per heavy atom. The number of ether oxygens (including phenoxy) is 1. The zero-order chi connectivity index (χ0) is 18.0. The molecule has 128 valence electrons. The van der Waals surface area contributed by atoms with Crippen molar-refractivity contribution in [3.63, 3.8) is 0 Å². The predicted molar refractivity (Wildman–Crippen MR) is 101 cm³/mol. The van der Waals surface area contributed by atoms with Crippen molar-refractivity contribution in [2.45, 2.75) is 33.8 Å². The van der Waals surface area contributed by atoms with Crippen molar-refractivity contribution in [1.29, 1.82) is 0 Å². The second kappa shape index (κ2) is 6.93. The van der Waals surface area contributed by atoms with Gasteiger partial charge in [-0.1, -0.05) is 11.6 Å². The van der Waals surface area contributed by atoms with E-state index in [0.717, 1.165) is 27.8 Å². The molecule has 3 rings (SSSR count). The molecule has 0 saturated carbocycles. The van der Waals surface area contributed by atoms with Crippen molar-refractivity contribution < 1.29 is 9.53 Å². The molecule has 0 atom stereocenters. The number of hydrogen-bond acceptors (Lipinski definition) is 4. The fourth-order valence-corrected chi connectivity index (χ4v) is 2.85. The van der Waals surface area contributed by atoms with Gasteiger partial charge in [-0.15, -0.1) is 0 Å². The van der Waals surface area contributed by atoms with Gasteiger partial charge in [-0.25, -0.2) is 4.79 Å². The van der Waals surface area contributed by atoms with Crippen molar-refractivity contribution in [3.05, 3.63) is 65.4 Å². The van der Waals surface area contributed by atoms with E-state index in [1.807, 2.05) is 32.0 Å². The van der Waals surface area contributed by atoms with Crippen LogP contribution in [0, 0.1) is 13.8 Å². The van der Waals surface area contributed by atoms with Crippen LogP contribution in [0.3, 0.4) is 0 Å². The van der Waals surface area contributed by atoms with E-state index in [1.165, 1.54) is 5.56 Å². The average molecular weight is 334 g/mol. The third-order valence-electron chi connectivity index (χ3n) is 3.92. The molecule has 0 unspecified atom stereocenters. The number of fused-ring (bicyclic) bond motifs is 1. The van der Waals surface area contributed by atoms with Gasteiger partial charge < -0.3 is 10.1 Å². The molecule has 4 heteroatoms. The Labute approximate surface area is 147 Å². The van der Waals surface area contributed by atoms with E-state index in [4.69, 9.17) is 4.74 Å². The van der Waals surface area contributed by atoms with E-state index in [-0.39, 0.29) is 12.1 Å². The zero-order valence-electron chi connectivity index (χ0n) is 15.0. The SMILES string of the molecule is Cc1cc(C)c2nccc(Nc3ccc(C(=O)OC(C)C)cc3)c2c1. The maximum Gasteiger partial charge on any atom is 0.338 e. The first-order chi connectivity index (χ1) is 11.9. The van der Waals surface area contributed by atoms with Gasteiger partial charge in [0, 0.05) is 23.0 Å². The van der Waals surface area contributed by atoms with Crippen LogP contribution in [-0.4, -0.2) is 17.1 Å². The van der Waals surface area contributed by atoms with Crippen molar-refractivity contribution in [2.75, 3.05) is 5.32 Å². The summed E-state index contributed by atoms with van der Waals surface area (Å²) in [6.45, 7) is 7.83.